The van der Waals surface area contributed by atoms with Gasteiger partial charge >= 0.3 is 0 Å². The lowest BCUT2D eigenvalue weighted by molar-refractivity contribution is 0.314. The second kappa shape index (κ2) is 3.80. The molecule has 1 aromatic carbocycles. The van der Waals surface area contributed by atoms with Crippen LogP contribution in [-0.4, -0.2) is 24.5 Å². The molecule has 1 heterocycles. The number of halogens is 1. The maximum atomic E-state index is 2.58. The summed E-state index contributed by atoms with van der Waals surface area (Å²) in [7, 11) is 0. The predicted octanol–water partition coefficient (Wildman–Crippen LogP) is 2.70. The van der Waals surface area contributed by atoms with Crippen molar-refractivity contribution < 1.29 is 0 Å². The highest BCUT2D eigenvalue weighted by Gasteiger charge is 2.60. The molecule has 2 atom stereocenters. The Bertz CT molecular complexity index is 338. The minimum Gasteiger partial charge on any atom is -0.302 e. The molecule has 0 aromatic heterocycles. The number of rotatable bonds is 2. The Labute approximate surface area is 97.9 Å². The van der Waals surface area contributed by atoms with Crippen LogP contribution in [-0.2, 0) is 5.41 Å². The molecule has 2 heteroatoms. The Kier molecular flexibility index (Phi) is 2.78. The van der Waals surface area contributed by atoms with E-state index in [4.69, 9.17) is 0 Å². The van der Waals surface area contributed by atoms with Crippen molar-refractivity contribution in [2.24, 2.45) is 5.92 Å². The van der Waals surface area contributed by atoms with E-state index in [1.54, 1.807) is 5.56 Å². The third kappa shape index (κ3) is 1.58. The van der Waals surface area contributed by atoms with Crippen molar-refractivity contribution in [2.75, 3.05) is 19.6 Å². The first kappa shape index (κ1) is 11.0. The van der Waals surface area contributed by atoms with Crippen molar-refractivity contribution in [3.63, 3.8) is 0 Å². The lowest BCUT2D eigenvalue weighted by atomic mass is 9.95. The Balaban J connectivity index is 0.000000853. The van der Waals surface area contributed by atoms with Gasteiger partial charge in [-0.15, -0.1) is 12.4 Å². The second-order valence-electron chi connectivity index (χ2n) is 4.75. The van der Waals surface area contributed by atoms with Crippen LogP contribution in [0.15, 0.2) is 30.3 Å². The Hall–Kier alpha value is -0.530. The molecule has 0 radical (unpaired) electrons. The minimum absolute atomic E-state index is 0. The quantitative estimate of drug-likeness (QED) is 0.745. The third-order valence-corrected chi connectivity index (χ3v) is 4.01. The maximum absolute atomic E-state index is 2.58. The Morgan fingerprint density at radius 1 is 1.33 bits per heavy atom. The van der Waals surface area contributed by atoms with Gasteiger partial charge in [0, 0.05) is 18.5 Å². The number of hydrogen-bond donors (Lipinski definition) is 0. The number of likely N-dealkylation sites (tertiary alicyclic amines) is 1. The van der Waals surface area contributed by atoms with E-state index in [9.17, 15) is 0 Å². The molecule has 15 heavy (non-hydrogen) atoms. The molecule has 1 nitrogen and oxygen atoms in total. The highest BCUT2D eigenvalue weighted by atomic mass is 35.5. The molecule has 1 aliphatic heterocycles. The van der Waals surface area contributed by atoms with Crippen molar-refractivity contribution >= 4 is 12.4 Å². The number of benzene rings is 1. The zero-order valence-electron chi connectivity index (χ0n) is 9.15. The van der Waals surface area contributed by atoms with Crippen LogP contribution in [0.5, 0.6) is 0 Å². The summed E-state index contributed by atoms with van der Waals surface area (Å²) in [6, 6.07) is 11.1. The van der Waals surface area contributed by atoms with E-state index in [0.29, 0.717) is 5.41 Å². The van der Waals surface area contributed by atoms with Crippen LogP contribution in [0, 0.1) is 5.92 Å². The molecular formula is C13H18ClN. The first-order chi connectivity index (χ1) is 6.85. The van der Waals surface area contributed by atoms with E-state index >= 15 is 0 Å². The molecular weight excluding hydrogens is 206 g/mol. The van der Waals surface area contributed by atoms with Crippen LogP contribution in [0.3, 0.4) is 0 Å². The zero-order chi connectivity index (χ0) is 9.60. The van der Waals surface area contributed by atoms with Gasteiger partial charge in [-0.1, -0.05) is 37.3 Å². The minimum atomic E-state index is 0. The average Bonchev–Trinajstić information content (AvgIpc) is 2.83. The average molecular weight is 224 g/mol. The SMILES string of the molecule is CCN1CC2CC2(c2ccccc2)C1.Cl. The summed E-state index contributed by atoms with van der Waals surface area (Å²) in [5, 5.41) is 0. The summed E-state index contributed by atoms with van der Waals surface area (Å²) in [5.74, 6) is 0.949. The fourth-order valence-electron chi connectivity index (χ4n) is 3.04. The maximum Gasteiger partial charge on any atom is 0.0124 e. The van der Waals surface area contributed by atoms with Crippen LogP contribution in [0.1, 0.15) is 18.9 Å². The predicted molar refractivity (Wildman–Crippen MR) is 65.6 cm³/mol. The largest absolute Gasteiger partial charge is 0.302 e. The van der Waals surface area contributed by atoms with Gasteiger partial charge in [-0.2, -0.15) is 0 Å². The van der Waals surface area contributed by atoms with Crippen LogP contribution < -0.4 is 0 Å². The van der Waals surface area contributed by atoms with Gasteiger partial charge in [0.2, 0.25) is 0 Å². The molecule has 1 saturated heterocycles. The summed E-state index contributed by atoms with van der Waals surface area (Å²) >= 11 is 0. The van der Waals surface area contributed by atoms with Gasteiger partial charge in [0.05, 0.1) is 0 Å². The summed E-state index contributed by atoms with van der Waals surface area (Å²) in [6.07, 6.45) is 1.42. The first-order valence-corrected chi connectivity index (χ1v) is 5.63. The molecule has 2 aliphatic rings. The van der Waals surface area contributed by atoms with E-state index < -0.39 is 0 Å². The summed E-state index contributed by atoms with van der Waals surface area (Å²) in [6.45, 7) is 6.10. The van der Waals surface area contributed by atoms with Crippen molar-refractivity contribution in [3.8, 4) is 0 Å². The van der Waals surface area contributed by atoms with E-state index in [-0.39, 0.29) is 12.4 Å². The number of fused-ring (bicyclic) bond motifs is 1. The van der Waals surface area contributed by atoms with Gasteiger partial charge in [-0.25, -0.2) is 0 Å². The summed E-state index contributed by atoms with van der Waals surface area (Å²) in [5.41, 5.74) is 2.12. The third-order valence-electron chi connectivity index (χ3n) is 4.01. The number of hydrogen-bond acceptors (Lipinski definition) is 1. The first-order valence-electron chi connectivity index (χ1n) is 5.63. The second-order valence-corrected chi connectivity index (χ2v) is 4.75. The van der Waals surface area contributed by atoms with Crippen molar-refractivity contribution in [2.45, 2.75) is 18.8 Å². The number of piperidine rings is 1. The molecule has 0 spiro atoms. The van der Waals surface area contributed by atoms with Crippen LogP contribution in [0.4, 0.5) is 0 Å². The summed E-state index contributed by atoms with van der Waals surface area (Å²) in [4.78, 5) is 2.58. The number of likely N-dealkylation sites (N-methyl/N-ethyl adjacent to an activating group) is 1. The normalized spacial score (nSPS) is 33.3. The van der Waals surface area contributed by atoms with Crippen LogP contribution in [0.2, 0.25) is 0 Å². The van der Waals surface area contributed by atoms with E-state index in [1.807, 2.05) is 0 Å². The van der Waals surface area contributed by atoms with E-state index in [0.717, 1.165) is 5.92 Å². The van der Waals surface area contributed by atoms with Crippen molar-refractivity contribution in [1.29, 1.82) is 0 Å². The molecule has 0 bridgehead atoms. The zero-order valence-corrected chi connectivity index (χ0v) is 9.96. The van der Waals surface area contributed by atoms with E-state index in [1.165, 1.54) is 26.1 Å². The fraction of sp³-hybridized carbons (Fsp3) is 0.538. The monoisotopic (exact) mass is 223 g/mol. The smallest absolute Gasteiger partial charge is 0.0124 e. The molecule has 1 saturated carbocycles. The highest BCUT2D eigenvalue weighted by Crippen LogP contribution is 2.58. The lowest BCUT2D eigenvalue weighted by Crippen LogP contribution is -2.26. The molecule has 0 amide bonds. The number of nitrogens with zero attached hydrogens (tertiary/aromatic N) is 1. The Morgan fingerprint density at radius 2 is 2.07 bits per heavy atom. The standard InChI is InChI=1S/C13H17N.ClH/c1-2-14-9-12-8-13(12,10-14)11-6-4-3-5-7-11;/h3-7,12H,2,8-10H2,1H3;1H. The lowest BCUT2D eigenvalue weighted by Gasteiger charge is -2.18. The molecule has 82 valence electrons. The molecule has 3 rings (SSSR count). The van der Waals surface area contributed by atoms with Gasteiger partial charge in [0.15, 0.2) is 0 Å². The molecule has 1 aromatic rings. The van der Waals surface area contributed by atoms with E-state index in [2.05, 4.69) is 42.2 Å². The molecule has 2 unspecified atom stereocenters. The summed E-state index contributed by atoms with van der Waals surface area (Å²) < 4.78 is 0. The van der Waals surface area contributed by atoms with Crippen LogP contribution >= 0.6 is 12.4 Å². The van der Waals surface area contributed by atoms with Crippen molar-refractivity contribution in [1.82, 2.24) is 4.90 Å². The molecule has 0 N–H and O–H groups in total. The van der Waals surface area contributed by atoms with Gasteiger partial charge in [-0.3, -0.25) is 0 Å². The van der Waals surface area contributed by atoms with Gasteiger partial charge < -0.3 is 4.90 Å². The molecule has 2 fully saturated rings. The van der Waals surface area contributed by atoms with Crippen LogP contribution in [0.25, 0.3) is 0 Å². The van der Waals surface area contributed by atoms with Gasteiger partial charge in [0.25, 0.3) is 0 Å². The fourth-order valence-corrected chi connectivity index (χ4v) is 3.04. The van der Waals surface area contributed by atoms with Gasteiger partial charge in [-0.05, 0) is 24.4 Å². The van der Waals surface area contributed by atoms with Gasteiger partial charge in [0.1, 0.15) is 0 Å². The Morgan fingerprint density at radius 3 is 2.67 bits per heavy atom. The topological polar surface area (TPSA) is 3.24 Å². The molecule has 1 aliphatic carbocycles. The highest BCUT2D eigenvalue weighted by molar-refractivity contribution is 5.85. The van der Waals surface area contributed by atoms with Crippen molar-refractivity contribution in [3.05, 3.63) is 35.9 Å².